The highest BCUT2D eigenvalue weighted by Gasteiger charge is 2.25. The number of hydrogen-bond acceptors (Lipinski definition) is 5. The molecule has 3 rings (SSSR count). The minimum atomic E-state index is -0.157. The molecule has 2 heterocycles. The molecule has 0 spiro atoms. The number of piperazine rings is 1. The van der Waals surface area contributed by atoms with Gasteiger partial charge in [-0.1, -0.05) is 22.0 Å². The second-order valence-electron chi connectivity index (χ2n) is 6.14. The van der Waals surface area contributed by atoms with Gasteiger partial charge in [-0.15, -0.1) is 11.3 Å². The van der Waals surface area contributed by atoms with Crippen molar-refractivity contribution in [2.45, 2.75) is 6.92 Å². The van der Waals surface area contributed by atoms with Crippen LogP contribution in [-0.2, 0) is 4.79 Å². The number of ether oxygens (including phenoxy) is 1. The second kappa shape index (κ2) is 8.67. The number of thiophene rings is 1. The summed E-state index contributed by atoms with van der Waals surface area (Å²) >= 11 is 4.74. The molecule has 1 aliphatic rings. The third-order valence-electron chi connectivity index (χ3n) is 4.32. The fourth-order valence-electron chi connectivity index (χ4n) is 2.85. The van der Waals surface area contributed by atoms with Crippen molar-refractivity contribution in [3.8, 4) is 5.75 Å². The minimum absolute atomic E-state index is 0.00862. The van der Waals surface area contributed by atoms with E-state index in [1.165, 1.54) is 18.3 Å². The molecule has 0 radical (unpaired) electrons. The van der Waals surface area contributed by atoms with Crippen molar-refractivity contribution in [2.24, 2.45) is 0 Å². The van der Waals surface area contributed by atoms with E-state index >= 15 is 0 Å². The number of carbonyl (C=O) groups is 3. The molecular formula is C19H19BrN2O4S. The molecule has 0 atom stereocenters. The van der Waals surface area contributed by atoms with E-state index in [2.05, 4.69) is 15.9 Å². The molecule has 6 nitrogen and oxygen atoms in total. The molecule has 2 amide bonds. The summed E-state index contributed by atoms with van der Waals surface area (Å²) in [6.07, 6.45) is 0. The Hall–Kier alpha value is -2.19. The highest BCUT2D eigenvalue weighted by Crippen LogP contribution is 2.24. The first-order chi connectivity index (χ1) is 13.0. The highest BCUT2D eigenvalue weighted by atomic mass is 79.9. The molecule has 1 saturated heterocycles. The van der Waals surface area contributed by atoms with E-state index in [0.29, 0.717) is 42.4 Å². The standard InChI is InChI=1S/C19H19BrN2O4S/c1-13(23)15-11-14(20)4-5-16(15)26-12-18(24)21-6-8-22(9-7-21)19(25)17-3-2-10-27-17/h2-5,10-11H,6-9,12H2,1H3. The lowest BCUT2D eigenvalue weighted by Crippen LogP contribution is -2.51. The summed E-state index contributed by atoms with van der Waals surface area (Å²) in [6, 6.07) is 8.78. The van der Waals surface area contributed by atoms with Crippen molar-refractivity contribution >= 4 is 44.9 Å². The van der Waals surface area contributed by atoms with Gasteiger partial charge in [-0.05, 0) is 36.6 Å². The number of nitrogens with zero attached hydrogens (tertiary/aromatic N) is 2. The molecule has 1 aliphatic heterocycles. The maximum absolute atomic E-state index is 12.4. The Morgan fingerprint density at radius 2 is 1.81 bits per heavy atom. The quantitative estimate of drug-likeness (QED) is 0.656. The van der Waals surface area contributed by atoms with Gasteiger partial charge in [0.25, 0.3) is 11.8 Å². The average molecular weight is 451 g/mol. The number of hydrogen-bond donors (Lipinski definition) is 0. The summed E-state index contributed by atoms with van der Waals surface area (Å²) < 4.78 is 6.37. The van der Waals surface area contributed by atoms with Crippen LogP contribution >= 0.6 is 27.3 Å². The topological polar surface area (TPSA) is 66.9 Å². The van der Waals surface area contributed by atoms with Gasteiger partial charge in [0, 0.05) is 30.7 Å². The van der Waals surface area contributed by atoms with Crippen molar-refractivity contribution in [1.82, 2.24) is 9.80 Å². The zero-order valence-corrected chi connectivity index (χ0v) is 17.2. The molecule has 8 heteroatoms. The van der Waals surface area contributed by atoms with Crippen LogP contribution in [0.3, 0.4) is 0 Å². The molecule has 0 aliphatic carbocycles. The molecule has 27 heavy (non-hydrogen) atoms. The van der Waals surface area contributed by atoms with Crippen LogP contribution in [0.2, 0.25) is 0 Å². The average Bonchev–Trinajstić information content (AvgIpc) is 3.21. The lowest BCUT2D eigenvalue weighted by molar-refractivity contribution is -0.134. The Morgan fingerprint density at radius 3 is 2.44 bits per heavy atom. The first kappa shape index (κ1) is 19.6. The van der Waals surface area contributed by atoms with Crippen molar-refractivity contribution < 1.29 is 19.1 Å². The van der Waals surface area contributed by atoms with Gasteiger partial charge < -0.3 is 14.5 Å². The molecule has 1 aromatic carbocycles. The van der Waals surface area contributed by atoms with Crippen molar-refractivity contribution in [1.29, 1.82) is 0 Å². The molecule has 0 saturated carbocycles. The van der Waals surface area contributed by atoms with Crippen LogP contribution in [-0.4, -0.2) is 60.2 Å². The van der Waals surface area contributed by atoms with Gasteiger partial charge in [-0.3, -0.25) is 14.4 Å². The van der Waals surface area contributed by atoms with E-state index in [1.54, 1.807) is 28.0 Å². The summed E-state index contributed by atoms with van der Waals surface area (Å²) in [5, 5.41) is 1.88. The fraction of sp³-hybridized carbons (Fsp3) is 0.316. The van der Waals surface area contributed by atoms with Crippen LogP contribution in [0.25, 0.3) is 0 Å². The predicted molar refractivity (Wildman–Crippen MR) is 106 cm³/mol. The van der Waals surface area contributed by atoms with Crippen LogP contribution in [0.15, 0.2) is 40.2 Å². The van der Waals surface area contributed by atoms with E-state index in [0.717, 1.165) is 4.47 Å². The van der Waals surface area contributed by atoms with Gasteiger partial charge in [0.2, 0.25) is 0 Å². The number of rotatable bonds is 5. The number of carbonyl (C=O) groups excluding carboxylic acids is 3. The Balaban J connectivity index is 1.53. The molecule has 0 bridgehead atoms. The number of amides is 2. The SMILES string of the molecule is CC(=O)c1cc(Br)ccc1OCC(=O)N1CCN(C(=O)c2cccs2)CC1. The van der Waals surface area contributed by atoms with Crippen LogP contribution in [0.4, 0.5) is 0 Å². The molecule has 142 valence electrons. The van der Waals surface area contributed by atoms with Gasteiger partial charge in [0.05, 0.1) is 10.4 Å². The van der Waals surface area contributed by atoms with Gasteiger partial charge in [0.15, 0.2) is 12.4 Å². The maximum atomic E-state index is 12.4. The van der Waals surface area contributed by atoms with E-state index in [9.17, 15) is 14.4 Å². The maximum Gasteiger partial charge on any atom is 0.264 e. The fourth-order valence-corrected chi connectivity index (χ4v) is 3.90. The molecule has 1 fully saturated rings. The number of benzene rings is 1. The summed E-state index contributed by atoms with van der Waals surface area (Å²) in [7, 11) is 0. The van der Waals surface area contributed by atoms with Gasteiger partial charge in [0.1, 0.15) is 5.75 Å². The zero-order chi connectivity index (χ0) is 19.4. The number of Topliss-reactive ketones (excluding diaryl/α,β-unsaturated/α-hetero) is 1. The lowest BCUT2D eigenvalue weighted by Gasteiger charge is -2.34. The van der Waals surface area contributed by atoms with Crippen LogP contribution in [0.1, 0.15) is 27.0 Å². The highest BCUT2D eigenvalue weighted by molar-refractivity contribution is 9.10. The molecule has 0 unspecified atom stereocenters. The Kier molecular flexibility index (Phi) is 6.28. The normalized spacial score (nSPS) is 14.1. The smallest absolute Gasteiger partial charge is 0.264 e. The van der Waals surface area contributed by atoms with Crippen molar-refractivity contribution in [2.75, 3.05) is 32.8 Å². The summed E-state index contributed by atoms with van der Waals surface area (Å²) in [6.45, 7) is 3.26. The Labute approximate surface area is 169 Å². The first-order valence-corrected chi connectivity index (χ1v) is 10.2. The summed E-state index contributed by atoms with van der Waals surface area (Å²) in [4.78, 5) is 40.7. The third-order valence-corrected chi connectivity index (χ3v) is 5.67. The van der Waals surface area contributed by atoms with Crippen molar-refractivity contribution in [3.63, 3.8) is 0 Å². The van der Waals surface area contributed by atoms with Gasteiger partial charge >= 0.3 is 0 Å². The summed E-state index contributed by atoms with van der Waals surface area (Å²) in [5.74, 6) is 0.120. The third kappa shape index (κ3) is 4.75. The Bertz CT molecular complexity index is 845. The van der Waals surface area contributed by atoms with E-state index < -0.39 is 0 Å². The van der Waals surface area contributed by atoms with Crippen LogP contribution in [0.5, 0.6) is 5.75 Å². The van der Waals surface area contributed by atoms with Crippen molar-refractivity contribution in [3.05, 3.63) is 50.6 Å². The monoisotopic (exact) mass is 450 g/mol. The summed E-state index contributed by atoms with van der Waals surface area (Å²) in [5.41, 5.74) is 0.434. The molecule has 1 aromatic heterocycles. The van der Waals surface area contributed by atoms with E-state index in [1.807, 2.05) is 17.5 Å². The second-order valence-corrected chi connectivity index (χ2v) is 8.00. The molecule has 0 N–H and O–H groups in total. The minimum Gasteiger partial charge on any atom is -0.483 e. The van der Waals surface area contributed by atoms with Crippen LogP contribution < -0.4 is 4.74 Å². The number of halogens is 1. The zero-order valence-electron chi connectivity index (χ0n) is 14.8. The first-order valence-electron chi connectivity index (χ1n) is 8.49. The molecular weight excluding hydrogens is 432 g/mol. The molecule has 2 aromatic rings. The lowest BCUT2D eigenvalue weighted by atomic mass is 10.1. The Morgan fingerprint density at radius 1 is 1.11 bits per heavy atom. The van der Waals surface area contributed by atoms with Crippen LogP contribution in [0, 0.1) is 0 Å². The van der Waals surface area contributed by atoms with Gasteiger partial charge in [-0.2, -0.15) is 0 Å². The van der Waals surface area contributed by atoms with Gasteiger partial charge in [-0.25, -0.2) is 0 Å². The predicted octanol–water partition coefficient (Wildman–Crippen LogP) is 3.08. The van der Waals surface area contributed by atoms with E-state index in [-0.39, 0.29) is 24.2 Å². The van der Waals surface area contributed by atoms with E-state index in [4.69, 9.17) is 4.74 Å². The number of ketones is 1. The largest absolute Gasteiger partial charge is 0.483 e.